The Balaban J connectivity index is 1.83. The molecule has 156 valence electrons. The van der Waals surface area contributed by atoms with E-state index in [9.17, 15) is 4.79 Å². The number of rotatable bonds is 10. The first-order chi connectivity index (χ1) is 14.0. The first-order valence-electron chi connectivity index (χ1n) is 8.68. The molecule has 0 saturated heterocycles. The molecule has 0 aliphatic heterocycles. The van der Waals surface area contributed by atoms with Crippen LogP contribution >= 0.6 is 23.2 Å². The second-order valence-corrected chi connectivity index (χ2v) is 6.61. The number of hydrogen-bond donors (Lipinski definition) is 1. The molecule has 0 spiro atoms. The van der Waals surface area contributed by atoms with Gasteiger partial charge < -0.3 is 18.9 Å². The van der Waals surface area contributed by atoms with Gasteiger partial charge in [-0.15, -0.1) is 0 Å². The Morgan fingerprint density at radius 1 is 1.00 bits per heavy atom. The van der Waals surface area contributed by atoms with E-state index in [-0.39, 0.29) is 12.3 Å². The molecule has 0 aliphatic carbocycles. The highest BCUT2D eigenvalue weighted by Gasteiger charge is 2.10. The largest absolute Gasteiger partial charge is 0.496 e. The first kappa shape index (κ1) is 22.6. The molecule has 0 aromatic heterocycles. The van der Waals surface area contributed by atoms with Gasteiger partial charge in [-0.3, -0.25) is 4.79 Å². The van der Waals surface area contributed by atoms with Crippen molar-refractivity contribution in [1.29, 1.82) is 0 Å². The van der Waals surface area contributed by atoms with Gasteiger partial charge in [-0.25, -0.2) is 5.43 Å². The Labute approximate surface area is 179 Å². The summed E-state index contributed by atoms with van der Waals surface area (Å²) in [5, 5.41) is 4.92. The van der Waals surface area contributed by atoms with Crippen LogP contribution in [0.1, 0.15) is 18.4 Å². The predicted octanol–water partition coefficient (Wildman–Crippen LogP) is 4.33. The maximum atomic E-state index is 11.9. The van der Waals surface area contributed by atoms with E-state index in [1.54, 1.807) is 30.3 Å². The molecule has 0 saturated carbocycles. The summed E-state index contributed by atoms with van der Waals surface area (Å²) in [6.45, 7) is 0.335. The Bertz CT molecular complexity index is 874. The Morgan fingerprint density at radius 2 is 1.69 bits per heavy atom. The summed E-state index contributed by atoms with van der Waals surface area (Å²) in [7, 11) is 4.60. The summed E-state index contributed by atoms with van der Waals surface area (Å²) in [6.07, 6.45) is 2.22. The minimum atomic E-state index is -0.244. The number of carbonyl (C=O) groups is 1. The van der Waals surface area contributed by atoms with Gasteiger partial charge in [-0.2, -0.15) is 5.10 Å². The maximum absolute atomic E-state index is 11.9. The van der Waals surface area contributed by atoms with Crippen LogP contribution in [0.25, 0.3) is 0 Å². The maximum Gasteiger partial charge on any atom is 0.240 e. The third-order valence-corrected chi connectivity index (χ3v) is 4.36. The molecule has 0 fully saturated rings. The van der Waals surface area contributed by atoms with E-state index in [1.165, 1.54) is 27.5 Å². The minimum absolute atomic E-state index is 0.242. The molecule has 0 bridgehead atoms. The van der Waals surface area contributed by atoms with Gasteiger partial charge in [-0.05, 0) is 30.7 Å². The van der Waals surface area contributed by atoms with Gasteiger partial charge in [-0.1, -0.05) is 23.2 Å². The van der Waals surface area contributed by atoms with Crippen molar-refractivity contribution in [2.75, 3.05) is 27.9 Å². The van der Waals surface area contributed by atoms with Crippen LogP contribution in [0.3, 0.4) is 0 Å². The molecule has 2 aromatic carbocycles. The molecular weight excluding hydrogens is 419 g/mol. The average Bonchev–Trinajstić information content (AvgIpc) is 2.71. The molecule has 0 atom stereocenters. The van der Waals surface area contributed by atoms with Crippen molar-refractivity contribution in [3.05, 3.63) is 45.9 Å². The lowest BCUT2D eigenvalue weighted by atomic mass is 10.2. The van der Waals surface area contributed by atoms with Crippen LogP contribution in [0.2, 0.25) is 10.0 Å². The molecule has 2 aromatic rings. The van der Waals surface area contributed by atoms with E-state index in [4.69, 9.17) is 42.1 Å². The summed E-state index contributed by atoms with van der Waals surface area (Å²) >= 11 is 11.9. The van der Waals surface area contributed by atoms with Gasteiger partial charge in [0.2, 0.25) is 5.91 Å². The number of hydrogen-bond acceptors (Lipinski definition) is 6. The summed E-state index contributed by atoms with van der Waals surface area (Å²) in [6, 6.07) is 8.36. The van der Waals surface area contributed by atoms with E-state index < -0.39 is 0 Å². The number of nitrogens with one attached hydrogen (secondary N) is 1. The van der Waals surface area contributed by atoms with Crippen molar-refractivity contribution in [1.82, 2.24) is 5.43 Å². The zero-order chi connectivity index (χ0) is 21.2. The summed E-state index contributed by atoms with van der Waals surface area (Å²) < 4.78 is 21.3. The van der Waals surface area contributed by atoms with Gasteiger partial charge in [0.05, 0.1) is 39.2 Å². The van der Waals surface area contributed by atoms with Gasteiger partial charge >= 0.3 is 0 Å². The fourth-order valence-electron chi connectivity index (χ4n) is 2.39. The van der Waals surface area contributed by atoms with E-state index in [0.717, 1.165) is 0 Å². The fraction of sp³-hybridized carbons (Fsp3) is 0.300. The molecule has 1 amide bonds. The molecular formula is C20H22Cl2N2O5. The number of hydrazone groups is 1. The highest BCUT2D eigenvalue weighted by atomic mass is 35.5. The molecule has 0 unspecified atom stereocenters. The highest BCUT2D eigenvalue weighted by Crippen LogP contribution is 2.33. The normalized spacial score (nSPS) is 10.7. The molecule has 0 heterocycles. The number of nitrogens with zero attached hydrogens (tertiary/aromatic N) is 1. The van der Waals surface area contributed by atoms with Crippen molar-refractivity contribution in [2.24, 2.45) is 5.10 Å². The molecule has 7 nitrogen and oxygen atoms in total. The molecule has 0 radical (unpaired) electrons. The Kier molecular flexibility index (Phi) is 8.89. The standard InChI is InChI=1S/C20H22Cl2N2O5/c1-26-17-11-19(28-3)18(27-2)9-13(17)12-23-24-20(25)5-4-8-29-16-7-6-14(21)10-15(16)22/h6-7,9-12H,4-5,8H2,1-3H3,(H,24,25)/b23-12+. The summed E-state index contributed by atoms with van der Waals surface area (Å²) in [5.41, 5.74) is 3.10. The predicted molar refractivity (Wildman–Crippen MR) is 113 cm³/mol. The van der Waals surface area contributed by atoms with Crippen LogP contribution in [0.15, 0.2) is 35.4 Å². The average molecular weight is 441 g/mol. The van der Waals surface area contributed by atoms with Crippen LogP contribution in [-0.4, -0.2) is 40.1 Å². The highest BCUT2D eigenvalue weighted by molar-refractivity contribution is 6.35. The van der Waals surface area contributed by atoms with Gasteiger partial charge in [0.1, 0.15) is 11.5 Å². The van der Waals surface area contributed by atoms with Crippen molar-refractivity contribution in [3.63, 3.8) is 0 Å². The zero-order valence-electron chi connectivity index (χ0n) is 16.3. The van der Waals surface area contributed by atoms with Crippen molar-refractivity contribution in [2.45, 2.75) is 12.8 Å². The van der Waals surface area contributed by atoms with Gasteiger partial charge in [0.25, 0.3) is 0 Å². The number of carbonyl (C=O) groups excluding carboxylic acids is 1. The molecule has 0 aliphatic rings. The van der Waals surface area contributed by atoms with Crippen LogP contribution in [0, 0.1) is 0 Å². The fourth-order valence-corrected chi connectivity index (χ4v) is 2.85. The van der Waals surface area contributed by atoms with Crippen LogP contribution in [-0.2, 0) is 4.79 Å². The monoisotopic (exact) mass is 440 g/mol. The van der Waals surface area contributed by atoms with Crippen molar-refractivity contribution in [3.8, 4) is 23.0 Å². The number of halogens is 2. The Morgan fingerprint density at radius 3 is 2.34 bits per heavy atom. The van der Waals surface area contributed by atoms with Gasteiger partial charge in [0.15, 0.2) is 11.5 Å². The van der Waals surface area contributed by atoms with E-state index in [0.29, 0.717) is 51.6 Å². The summed E-state index contributed by atoms with van der Waals surface area (Å²) in [5.74, 6) is 1.88. The van der Waals surface area contributed by atoms with E-state index >= 15 is 0 Å². The number of methoxy groups -OCH3 is 3. The quantitative estimate of drug-likeness (QED) is 0.338. The van der Waals surface area contributed by atoms with E-state index in [1.807, 2.05) is 0 Å². The lowest BCUT2D eigenvalue weighted by Crippen LogP contribution is -2.18. The zero-order valence-corrected chi connectivity index (χ0v) is 17.8. The van der Waals surface area contributed by atoms with Gasteiger partial charge in [0, 0.05) is 23.1 Å². The van der Waals surface area contributed by atoms with Crippen molar-refractivity contribution >= 4 is 35.3 Å². The molecule has 9 heteroatoms. The van der Waals surface area contributed by atoms with Crippen molar-refractivity contribution < 1.29 is 23.7 Å². The third-order valence-electron chi connectivity index (χ3n) is 3.83. The minimum Gasteiger partial charge on any atom is -0.496 e. The van der Waals surface area contributed by atoms with E-state index in [2.05, 4.69) is 10.5 Å². The number of benzene rings is 2. The smallest absolute Gasteiger partial charge is 0.240 e. The molecule has 2 rings (SSSR count). The van der Waals surface area contributed by atoms with Crippen LogP contribution in [0.5, 0.6) is 23.0 Å². The second kappa shape index (κ2) is 11.4. The molecule has 1 N–H and O–H groups in total. The topological polar surface area (TPSA) is 78.4 Å². The number of amides is 1. The lowest BCUT2D eigenvalue weighted by molar-refractivity contribution is -0.121. The molecule has 29 heavy (non-hydrogen) atoms. The second-order valence-electron chi connectivity index (χ2n) is 5.77. The third kappa shape index (κ3) is 6.73. The number of ether oxygens (including phenoxy) is 4. The first-order valence-corrected chi connectivity index (χ1v) is 9.43. The lowest BCUT2D eigenvalue weighted by Gasteiger charge is -2.11. The SMILES string of the molecule is COc1cc(OC)c(OC)cc1/C=N/NC(=O)CCCOc1ccc(Cl)cc1Cl. The van der Waals surface area contributed by atoms with Crippen LogP contribution in [0.4, 0.5) is 0 Å². The Hall–Kier alpha value is -2.64. The van der Waals surface area contributed by atoms with Crippen LogP contribution < -0.4 is 24.4 Å². The summed E-state index contributed by atoms with van der Waals surface area (Å²) in [4.78, 5) is 11.9.